The highest BCUT2D eigenvalue weighted by atomic mass is 16.5. The number of anilines is 1. The van der Waals surface area contributed by atoms with Crippen molar-refractivity contribution in [1.82, 2.24) is 0 Å². The van der Waals surface area contributed by atoms with E-state index in [1.54, 1.807) is 0 Å². The van der Waals surface area contributed by atoms with Gasteiger partial charge < -0.3 is 10.1 Å². The Hall–Kier alpha value is -1.02. The summed E-state index contributed by atoms with van der Waals surface area (Å²) in [6.07, 6.45) is 2.24. The van der Waals surface area contributed by atoms with Crippen LogP contribution in [-0.4, -0.2) is 19.3 Å². The molecule has 18 heavy (non-hydrogen) atoms. The highest BCUT2D eigenvalue weighted by Crippen LogP contribution is 2.15. The average Bonchev–Trinajstić information content (AvgIpc) is 2.47. The SMILES string of the molecule is CC.CC.Cc1ccc(NC2CCOCC2)cc1. The second-order valence-corrected chi connectivity index (χ2v) is 3.90. The Bertz CT molecular complexity index is 276. The lowest BCUT2D eigenvalue weighted by atomic mass is 10.1. The van der Waals surface area contributed by atoms with Crippen LogP contribution in [0.5, 0.6) is 0 Å². The molecule has 2 rings (SSSR count). The third kappa shape index (κ3) is 6.65. The van der Waals surface area contributed by atoms with Gasteiger partial charge in [0.2, 0.25) is 0 Å². The maximum atomic E-state index is 5.32. The third-order valence-corrected chi connectivity index (χ3v) is 2.64. The van der Waals surface area contributed by atoms with E-state index in [-0.39, 0.29) is 0 Å². The van der Waals surface area contributed by atoms with Crippen LogP contribution in [0.25, 0.3) is 0 Å². The number of nitrogens with one attached hydrogen (secondary N) is 1. The normalized spacial score (nSPS) is 14.7. The molecular formula is C16H29NO. The van der Waals surface area contributed by atoms with Crippen molar-refractivity contribution >= 4 is 5.69 Å². The Morgan fingerprint density at radius 3 is 1.94 bits per heavy atom. The fourth-order valence-corrected chi connectivity index (χ4v) is 1.73. The standard InChI is InChI=1S/C12H17NO.2C2H6/c1-10-2-4-11(5-3-10)13-12-6-8-14-9-7-12;2*1-2/h2-5,12-13H,6-9H2,1H3;2*1-2H3. The van der Waals surface area contributed by atoms with Crippen LogP contribution >= 0.6 is 0 Å². The number of aryl methyl sites for hydroxylation is 1. The lowest BCUT2D eigenvalue weighted by Crippen LogP contribution is -2.27. The molecule has 0 amide bonds. The molecule has 2 heteroatoms. The van der Waals surface area contributed by atoms with Gasteiger partial charge in [0.1, 0.15) is 0 Å². The van der Waals surface area contributed by atoms with Gasteiger partial charge in [-0.05, 0) is 31.9 Å². The summed E-state index contributed by atoms with van der Waals surface area (Å²) >= 11 is 0. The molecule has 0 saturated carbocycles. The molecule has 1 fully saturated rings. The molecule has 1 aromatic carbocycles. The van der Waals surface area contributed by atoms with Crippen LogP contribution in [0, 0.1) is 6.92 Å². The van der Waals surface area contributed by atoms with Gasteiger partial charge in [-0.25, -0.2) is 0 Å². The predicted molar refractivity (Wildman–Crippen MR) is 81.3 cm³/mol. The quantitative estimate of drug-likeness (QED) is 0.827. The van der Waals surface area contributed by atoms with Crippen molar-refractivity contribution < 1.29 is 4.74 Å². The minimum absolute atomic E-state index is 0.589. The second-order valence-electron chi connectivity index (χ2n) is 3.90. The summed E-state index contributed by atoms with van der Waals surface area (Å²) in [5.74, 6) is 0. The van der Waals surface area contributed by atoms with Gasteiger partial charge in [-0.3, -0.25) is 0 Å². The van der Waals surface area contributed by atoms with Gasteiger partial charge in [0.15, 0.2) is 0 Å². The van der Waals surface area contributed by atoms with Gasteiger partial charge in [-0.1, -0.05) is 45.4 Å². The van der Waals surface area contributed by atoms with E-state index in [9.17, 15) is 0 Å². The lowest BCUT2D eigenvalue weighted by Gasteiger charge is -2.24. The molecule has 1 saturated heterocycles. The highest BCUT2D eigenvalue weighted by Gasteiger charge is 2.12. The lowest BCUT2D eigenvalue weighted by molar-refractivity contribution is 0.0904. The number of rotatable bonds is 2. The van der Waals surface area contributed by atoms with Crippen molar-refractivity contribution in [2.45, 2.75) is 53.5 Å². The second kappa shape index (κ2) is 11.1. The van der Waals surface area contributed by atoms with Gasteiger partial charge in [-0.15, -0.1) is 0 Å². The largest absolute Gasteiger partial charge is 0.382 e. The molecule has 0 radical (unpaired) electrons. The van der Waals surface area contributed by atoms with Gasteiger partial charge >= 0.3 is 0 Å². The first-order valence-electron chi connectivity index (χ1n) is 7.25. The van der Waals surface area contributed by atoms with E-state index in [1.165, 1.54) is 11.3 Å². The van der Waals surface area contributed by atoms with Gasteiger partial charge in [0, 0.05) is 24.9 Å². The van der Waals surface area contributed by atoms with Crippen LogP contribution in [0.2, 0.25) is 0 Å². The van der Waals surface area contributed by atoms with Crippen LogP contribution in [-0.2, 0) is 4.74 Å². The molecule has 1 aliphatic heterocycles. The number of hydrogen-bond acceptors (Lipinski definition) is 2. The summed E-state index contributed by atoms with van der Waals surface area (Å²) in [6.45, 7) is 11.9. The topological polar surface area (TPSA) is 21.3 Å². The number of hydrogen-bond donors (Lipinski definition) is 1. The summed E-state index contributed by atoms with van der Waals surface area (Å²) in [6, 6.07) is 9.16. The zero-order valence-electron chi connectivity index (χ0n) is 12.6. The molecule has 0 bridgehead atoms. The molecule has 2 nitrogen and oxygen atoms in total. The monoisotopic (exact) mass is 251 g/mol. The zero-order chi connectivity index (χ0) is 13.8. The van der Waals surface area contributed by atoms with Crippen molar-refractivity contribution in [2.24, 2.45) is 0 Å². The number of benzene rings is 1. The molecule has 104 valence electrons. The molecule has 1 heterocycles. The van der Waals surface area contributed by atoms with Crippen LogP contribution < -0.4 is 5.32 Å². The minimum atomic E-state index is 0.589. The Morgan fingerprint density at radius 1 is 0.944 bits per heavy atom. The predicted octanol–water partition coefficient (Wildman–Crippen LogP) is 4.64. The van der Waals surface area contributed by atoms with E-state index in [0.717, 1.165) is 26.1 Å². The summed E-state index contributed by atoms with van der Waals surface area (Å²) in [5.41, 5.74) is 2.53. The Kier molecular flexibility index (Phi) is 10.5. The highest BCUT2D eigenvalue weighted by molar-refractivity contribution is 5.45. The van der Waals surface area contributed by atoms with E-state index in [2.05, 4.69) is 36.5 Å². The average molecular weight is 251 g/mol. The van der Waals surface area contributed by atoms with E-state index in [4.69, 9.17) is 4.74 Å². The minimum Gasteiger partial charge on any atom is -0.382 e. The van der Waals surface area contributed by atoms with E-state index in [0.29, 0.717) is 6.04 Å². The van der Waals surface area contributed by atoms with Crippen LogP contribution in [0.1, 0.15) is 46.1 Å². The van der Waals surface area contributed by atoms with Crippen LogP contribution in [0.15, 0.2) is 24.3 Å². The maximum absolute atomic E-state index is 5.32. The number of ether oxygens (including phenoxy) is 1. The molecule has 1 aromatic rings. The van der Waals surface area contributed by atoms with Crippen LogP contribution in [0.4, 0.5) is 5.69 Å². The van der Waals surface area contributed by atoms with E-state index >= 15 is 0 Å². The summed E-state index contributed by atoms with van der Waals surface area (Å²) in [5, 5.41) is 3.53. The van der Waals surface area contributed by atoms with Gasteiger partial charge in [0.25, 0.3) is 0 Å². The first-order chi connectivity index (χ1) is 8.84. The van der Waals surface area contributed by atoms with E-state index < -0.39 is 0 Å². The van der Waals surface area contributed by atoms with Crippen molar-refractivity contribution in [3.05, 3.63) is 29.8 Å². The Morgan fingerprint density at radius 2 is 1.44 bits per heavy atom. The molecule has 0 aromatic heterocycles. The first-order valence-corrected chi connectivity index (χ1v) is 7.25. The zero-order valence-corrected chi connectivity index (χ0v) is 12.6. The summed E-state index contributed by atoms with van der Waals surface area (Å²) in [4.78, 5) is 0. The molecule has 0 spiro atoms. The Balaban J connectivity index is 0.000000659. The molecule has 1 aliphatic rings. The maximum Gasteiger partial charge on any atom is 0.0485 e. The molecule has 0 atom stereocenters. The smallest absolute Gasteiger partial charge is 0.0485 e. The van der Waals surface area contributed by atoms with Crippen molar-refractivity contribution in [2.75, 3.05) is 18.5 Å². The van der Waals surface area contributed by atoms with Crippen molar-refractivity contribution in [3.63, 3.8) is 0 Å². The van der Waals surface area contributed by atoms with Crippen molar-refractivity contribution in [3.8, 4) is 0 Å². The molecular weight excluding hydrogens is 222 g/mol. The molecule has 0 aliphatic carbocycles. The fourth-order valence-electron chi connectivity index (χ4n) is 1.73. The molecule has 1 N–H and O–H groups in total. The van der Waals surface area contributed by atoms with Crippen molar-refractivity contribution in [1.29, 1.82) is 0 Å². The Labute approximate surface area is 113 Å². The van der Waals surface area contributed by atoms with Gasteiger partial charge in [0.05, 0.1) is 0 Å². The summed E-state index contributed by atoms with van der Waals surface area (Å²) < 4.78 is 5.32. The van der Waals surface area contributed by atoms with Crippen LogP contribution in [0.3, 0.4) is 0 Å². The fraction of sp³-hybridized carbons (Fsp3) is 0.625. The molecule has 0 unspecified atom stereocenters. The first kappa shape index (κ1) is 17.0. The van der Waals surface area contributed by atoms with Gasteiger partial charge in [-0.2, -0.15) is 0 Å². The third-order valence-electron chi connectivity index (χ3n) is 2.64. The van der Waals surface area contributed by atoms with E-state index in [1.807, 2.05) is 27.7 Å². The summed E-state index contributed by atoms with van der Waals surface area (Å²) in [7, 11) is 0.